The quantitative estimate of drug-likeness (QED) is 0.599. The van der Waals surface area contributed by atoms with E-state index in [2.05, 4.69) is 4.74 Å². The fourth-order valence-electron chi connectivity index (χ4n) is 3.75. The molecule has 0 atom stereocenters. The van der Waals surface area contributed by atoms with Gasteiger partial charge < -0.3 is 14.2 Å². The highest BCUT2D eigenvalue weighted by Crippen LogP contribution is 2.28. The lowest BCUT2D eigenvalue weighted by Crippen LogP contribution is -2.51. The molecule has 2 saturated heterocycles. The Bertz CT molecular complexity index is 846. The van der Waals surface area contributed by atoms with Crippen LogP contribution >= 0.6 is 0 Å². The van der Waals surface area contributed by atoms with Crippen molar-refractivity contribution in [3.63, 3.8) is 0 Å². The molecule has 1 aromatic carbocycles. The number of piperidine rings is 2. The van der Waals surface area contributed by atoms with Crippen molar-refractivity contribution in [2.24, 2.45) is 5.92 Å². The normalized spacial score (nSPS) is 20.4. The van der Waals surface area contributed by atoms with Gasteiger partial charge in [-0.25, -0.2) is 0 Å². The molecule has 0 amide bonds. The molecule has 31 heavy (non-hydrogen) atoms. The predicted molar refractivity (Wildman–Crippen MR) is 104 cm³/mol. The van der Waals surface area contributed by atoms with Crippen molar-refractivity contribution < 1.29 is 40.6 Å². The Morgan fingerprint density at radius 1 is 0.935 bits per heavy atom. The van der Waals surface area contributed by atoms with Crippen LogP contribution in [0.25, 0.3) is 0 Å². The number of carbonyl (C=O) groups excluding carboxylic acids is 1. The zero-order valence-corrected chi connectivity index (χ0v) is 17.8. The van der Waals surface area contributed by atoms with Crippen LogP contribution in [-0.4, -0.2) is 68.8 Å². The Balaban J connectivity index is 1.48. The number of rotatable bonds is 6. The van der Waals surface area contributed by atoms with Gasteiger partial charge in [-0.15, -0.1) is 13.2 Å². The molecule has 0 saturated carbocycles. The number of esters is 1. The van der Waals surface area contributed by atoms with Crippen LogP contribution in [0.3, 0.4) is 0 Å². The Morgan fingerprint density at radius 2 is 1.42 bits per heavy atom. The van der Waals surface area contributed by atoms with Crippen LogP contribution in [0.1, 0.15) is 25.7 Å². The molecule has 8 nitrogen and oxygen atoms in total. The average Bonchev–Trinajstić information content (AvgIpc) is 2.74. The molecule has 1 aromatic rings. The second kappa shape index (κ2) is 9.61. The standard InChI is InChI=1S/C19H25F3N2O6S/c1-28-18(25)14-6-10-23(11-7-14)31(26,27)24-12-8-16(9-13-24)29-15-2-4-17(5-3-15)30-19(20,21)22/h2-5,14,16H,6-13H2,1H3. The molecule has 0 unspecified atom stereocenters. The van der Waals surface area contributed by atoms with Gasteiger partial charge in [0.1, 0.15) is 17.6 Å². The number of benzene rings is 1. The van der Waals surface area contributed by atoms with E-state index in [4.69, 9.17) is 9.47 Å². The number of carbonyl (C=O) groups is 1. The molecule has 2 aliphatic heterocycles. The number of methoxy groups -OCH3 is 1. The molecule has 12 heteroatoms. The smallest absolute Gasteiger partial charge is 0.490 e. The fraction of sp³-hybridized carbons (Fsp3) is 0.632. The third-order valence-electron chi connectivity index (χ3n) is 5.40. The first-order chi connectivity index (χ1) is 14.6. The summed E-state index contributed by atoms with van der Waals surface area (Å²) >= 11 is 0. The van der Waals surface area contributed by atoms with Crippen LogP contribution in [0.4, 0.5) is 13.2 Å². The molecule has 0 aromatic heterocycles. The molecule has 0 spiro atoms. The Hall–Kier alpha value is -2.05. The molecule has 2 aliphatic rings. The first-order valence-electron chi connectivity index (χ1n) is 9.94. The summed E-state index contributed by atoms with van der Waals surface area (Å²) < 4.78 is 79.6. The van der Waals surface area contributed by atoms with Gasteiger partial charge in [-0.1, -0.05) is 0 Å². The van der Waals surface area contributed by atoms with E-state index in [9.17, 15) is 26.4 Å². The third kappa shape index (κ3) is 6.23. The van der Waals surface area contributed by atoms with Crippen molar-refractivity contribution in [2.45, 2.75) is 38.1 Å². The number of ether oxygens (including phenoxy) is 3. The molecule has 174 valence electrons. The zero-order chi connectivity index (χ0) is 22.6. The number of halogens is 3. The number of alkyl halides is 3. The number of nitrogens with zero attached hydrogens (tertiary/aromatic N) is 2. The van der Waals surface area contributed by atoms with Gasteiger partial charge in [-0.05, 0) is 49.9 Å². The minimum Gasteiger partial charge on any atom is -0.490 e. The van der Waals surface area contributed by atoms with Crippen LogP contribution in [0.15, 0.2) is 24.3 Å². The van der Waals surface area contributed by atoms with Gasteiger partial charge >= 0.3 is 12.3 Å². The van der Waals surface area contributed by atoms with Crippen LogP contribution in [0, 0.1) is 5.92 Å². The van der Waals surface area contributed by atoms with Gasteiger partial charge in [0.2, 0.25) is 0 Å². The zero-order valence-electron chi connectivity index (χ0n) is 17.0. The van der Waals surface area contributed by atoms with Crippen molar-refractivity contribution in [1.82, 2.24) is 8.61 Å². The second-order valence-corrected chi connectivity index (χ2v) is 9.37. The van der Waals surface area contributed by atoms with Crippen molar-refractivity contribution in [1.29, 1.82) is 0 Å². The summed E-state index contributed by atoms with van der Waals surface area (Å²) in [6.07, 6.45) is -3.23. The molecule has 2 heterocycles. The Labute approximate surface area is 179 Å². The predicted octanol–water partition coefficient (Wildman–Crippen LogP) is 2.56. The minimum absolute atomic E-state index is 0.245. The highest BCUT2D eigenvalue weighted by atomic mass is 32.2. The van der Waals surface area contributed by atoms with Crippen LogP contribution in [0.5, 0.6) is 11.5 Å². The number of hydrogen-bond donors (Lipinski definition) is 0. The maximum absolute atomic E-state index is 12.9. The number of hydrogen-bond acceptors (Lipinski definition) is 6. The summed E-state index contributed by atoms with van der Waals surface area (Å²) in [4.78, 5) is 11.6. The largest absolute Gasteiger partial charge is 0.573 e. The highest BCUT2D eigenvalue weighted by molar-refractivity contribution is 7.86. The van der Waals surface area contributed by atoms with Gasteiger partial charge in [0.15, 0.2) is 0 Å². The van der Waals surface area contributed by atoms with E-state index >= 15 is 0 Å². The van der Waals surface area contributed by atoms with Crippen molar-refractivity contribution in [3.8, 4) is 11.5 Å². The molecular weight excluding hydrogens is 441 g/mol. The monoisotopic (exact) mass is 466 g/mol. The summed E-state index contributed by atoms with van der Waals surface area (Å²) in [7, 11) is -2.30. The van der Waals surface area contributed by atoms with E-state index in [1.807, 2.05) is 0 Å². The maximum atomic E-state index is 12.9. The van der Waals surface area contributed by atoms with Gasteiger partial charge in [0, 0.05) is 26.2 Å². The summed E-state index contributed by atoms with van der Waals surface area (Å²) in [5.74, 6) is -0.533. The van der Waals surface area contributed by atoms with Gasteiger partial charge in [-0.3, -0.25) is 4.79 Å². The maximum Gasteiger partial charge on any atom is 0.573 e. The minimum atomic E-state index is -4.75. The van der Waals surface area contributed by atoms with Gasteiger partial charge in [-0.2, -0.15) is 17.0 Å². The molecule has 0 bridgehead atoms. The average molecular weight is 466 g/mol. The molecular formula is C19H25F3N2O6S. The lowest BCUT2D eigenvalue weighted by Gasteiger charge is -2.37. The van der Waals surface area contributed by atoms with Gasteiger partial charge in [0.05, 0.1) is 13.0 Å². The van der Waals surface area contributed by atoms with E-state index in [-0.39, 0.29) is 49.9 Å². The van der Waals surface area contributed by atoms with Crippen molar-refractivity contribution in [3.05, 3.63) is 24.3 Å². The fourth-order valence-corrected chi connectivity index (χ4v) is 5.42. The van der Waals surface area contributed by atoms with E-state index in [1.54, 1.807) is 0 Å². The summed E-state index contributed by atoms with van der Waals surface area (Å²) in [5.41, 5.74) is 0. The van der Waals surface area contributed by atoms with E-state index in [0.29, 0.717) is 31.4 Å². The second-order valence-electron chi connectivity index (χ2n) is 7.44. The lowest BCUT2D eigenvalue weighted by molar-refractivity contribution is -0.274. The van der Waals surface area contributed by atoms with Crippen molar-refractivity contribution in [2.75, 3.05) is 33.3 Å². The van der Waals surface area contributed by atoms with Crippen LogP contribution in [0.2, 0.25) is 0 Å². The molecule has 0 aliphatic carbocycles. The summed E-state index contributed by atoms with van der Waals surface area (Å²) in [5, 5.41) is 0. The summed E-state index contributed by atoms with van der Waals surface area (Å²) in [6.45, 7) is 1.09. The molecule has 3 rings (SSSR count). The van der Waals surface area contributed by atoms with E-state index < -0.39 is 16.6 Å². The first kappa shape index (κ1) is 23.6. The SMILES string of the molecule is COC(=O)C1CCN(S(=O)(=O)N2CCC(Oc3ccc(OC(F)(F)F)cc3)CC2)CC1. The molecule has 0 radical (unpaired) electrons. The topological polar surface area (TPSA) is 85.4 Å². The molecule has 0 N–H and O–H groups in total. The molecule has 2 fully saturated rings. The highest BCUT2D eigenvalue weighted by Gasteiger charge is 2.37. The van der Waals surface area contributed by atoms with E-state index in [1.165, 1.54) is 40.0 Å². The first-order valence-corrected chi connectivity index (χ1v) is 11.3. The van der Waals surface area contributed by atoms with Crippen LogP contribution < -0.4 is 9.47 Å². The Kier molecular flexibility index (Phi) is 7.32. The lowest BCUT2D eigenvalue weighted by atomic mass is 9.99. The third-order valence-corrected chi connectivity index (χ3v) is 7.44. The van der Waals surface area contributed by atoms with Gasteiger partial charge in [0.25, 0.3) is 10.2 Å². The van der Waals surface area contributed by atoms with Crippen molar-refractivity contribution >= 4 is 16.2 Å². The summed E-state index contributed by atoms with van der Waals surface area (Å²) in [6, 6.07) is 5.10. The van der Waals surface area contributed by atoms with Crippen LogP contribution in [-0.2, 0) is 19.7 Å². The Morgan fingerprint density at radius 3 is 1.90 bits per heavy atom. The van der Waals surface area contributed by atoms with E-state index in [0.717, 1.165) is 0 Å².